The molecule has 0 aliphatic carbocycles. The van der Waals surface area contributed by atoms with Crippen molar-refractivity contribution < 1.29 is 9.34 Å². The van der Waals surface area contributed by atoms with Gasteiger partial charge in [-0.3, -0.25) is 15.0 Å². The maximum atomic E-state index is 10.8. The number of aromatic nitrogens is 3. The van der Waals surface area contributed by atoms with E-state index in [1.165, 1.54) is 0 Å². The molecule has 29 heavy (non-hydrogen) atoms. The van der Waals surface area contributed by atoms with Crippen molar-refractivity contribution in [3.05, 3.63) is 49.9 Å². The van der Waals surface area contributed by atoms with Crippen LogP contribution in [-0.2, 0) is 6.67 Å². The molecular formula is C18H20N6O3S2. The molecule has 0 amide bonds. The summed E-state index contributed by atoms with van der Waals surface area (Å²) in [7, 11) is 0. The van der Waals surface area contributed by atoms with Crippen LogP contribution < -0.4 is 4.90 Å². The van der Waals surface area contributed by atoms with Gasteiger partial charge in [-0.25, -0.2) is 9.67 Å². The summed E-state index contributed by atoms with van der Waals surface area (Å²) in [5.41, 5.74) is 1.99. The van der Waals surface area contributed by atoms with Crippen LogP contribution in [0, 0.1) is 28.8 Å². The molecule has 152 valence electrons. The summed E-state index contributed by atoms with van der Waals surface area (Å²) in [4.78, 5) is 20.6. The lowest BCUT2D eigenvalue weighted by atomic mass is 10.2. The Morgan fingerprint density at radius 1 is 1.21 bits per heavy atom. The highest BCUT2D eigenvalue weighted by Gasteiger charge is 2.20. The summed E-state index contributed by atoms with van der Waals surface area (Å²) < 4.78 is 7.41. The summed E-state index contributed by atoms with van der Waals surface area (Å²) >= 11 is 6.90. The zero-order valence-electron chi connectivity index (χ0n) is 16.1. The number of nitrogens with zero attached hydrogens (tertiary/aromatic N) is 6. The number of thiazole rings is 1. The fraction of sp³-hybridized carbons (Fsp3) is 0.389. The van der Waals surface area contributed by atoms with Gasteiger partial charge in [0.25, 0.3) is 16.4 Å². The van der Waals surface area contributed by atoms with E-state index in [9.17, 15) is 10.1 Å². The maximum Gasteiger partial charge on any atom is 0.288 e. The third-order valence-electron chi connectivity index (χ3n) is 4.84. The number of aryl methyl sites for hydroxylation is 2. The van der Waals surface area contributed by atoms with Crippen molar-refractivity contribution in [1.29, 1.82) is 0 Å². The minimum absolute atomic E-state index is 0.106. The Kier molecular flexibility index (Phi) is 5.43. The Morgan fingerprint density at radius 2 is 1.90 bits per heavy atom. The molecular weight excluding hydrogens is 412 g/mol. The van der Waals surface area contributed by atoms with E-state index in [1.54, 1.807) is 40.3 Å². The second-order valence-electron chi connectivity index (χ2n) is 6.84. The van der Waals surface area contributed by atoms with Gasteiger partial charge in [-0.05, 0) is 38.2 Å². The van der Waals surface area contributed by atoms with E-state index >= 15 is 0 Å². The van der Waals surface area contributed by atoms with Crippen molar-refractivity contribution in [2.24, 2.45) is 0 Å². The van der Waals surface area contributed by atoms with Gasteiger partial charge in [0.1, 0.15) is 4.88 Å². The second kappa shape index (κ2) is 8.01. The molecule has 0 spiro atoms. The summed E-state index contributed by atoms with van der Waals surface area (Å²) in [6, 6.07) is 6.68. The largest absolute Gasteiger partial charge is 0.408 e. The molecule has 9 nitrogen and oxygen atoms in total. The third kappa shape index (κ3) is 4.21. The minimum Gasteiger partial charge on any atom is -0.408 e. The quantitative estimate of drug-likeness (QED) is 0.343. The average molecular weight is 433 g/mol. The van der Waals surface area contributed by atoms with Gasteiger partial charge < -0.3 is 9.32 Å². The van der Waals surface area contributed by atoms with Crippen molar-refractivity contribution >= 4 is 34.9 Å². The topological polar surface area (TPSA) is 93.5 Å². The van der Waals surface area contributed by atoms with E-state index in [0.717, 1.165) is 47.4 Å². The first-order valence-electron chi connectivity index (χ1n) is 9.15. The maximum absolute atomic E-state index is 10.8. The smallest absolute Gasteiger partial charge is 0.288 e. The fourth-order valence-corrected chi connectivity index (χ4v) is 4.36. The molecule has 1 aliphatic rings. The molecule has 1 aliphatic heterocycles. The summed E-state index contributed by atoms with van der Waals surface area (Å²) in [6.45, 7) is 7.77. The Balaban J connectivity index is 1.39. The first kappa shape index (κ1) is 19.7. The number of piperazine rings is 1. The van der Waals surface area contributed by atoms with Crippen LogP contribution in [0.2, 0.25) is 0 Å². The number of non-ortho nitro benzene ring substituents is 1. The van der Waals surface area contributed by atoms with Gasteiger partial charge in [-0.15, -0.1) is 16.4 Å². The lowest BCUT2D eigenvalue weighted by Gasteiger charge is -2.35. The number of nitro benzene ring substituents is 1. The van der Waals surface area contributed by atoms with Crippen LogP contribution in [0.15, 0.2) is 28.7 Å². The normalized spacial score (nSPS) is 15.0. The van der Waals surface area contributed by atoms with Crippen LogP contribution in [0.3, 0.4) is 0 Å². The monoisotopic (exact) mass is 432 g/mol. The van der Waals surface area contributed by atoms with Crippen molar-refractivity contribution in [2.45, 2.75) is 20.5 Å². The Morgan fingerprint density at radius 3 is 2.48 bits per heavy atom. The third-order valence-corrected chi connectivity index (χ3v) is 6.19. The number of rotatable bonds is 5. The van der Waals surface area contributed by atoms with E-state index < -0.39 is 0 Å². The predicted molar refractivity (Wildman–Crippen MR) is 113 cm³/mol. The van der Waals surface area contributed by atoms with E-state index in [4.69, 9.17) is 16.6 Å². The number of anilines is 1. The molecule has 11 heteroatoms. The minimum atomic E-state index is -0.382. The Labute approximate surface area is 176 Å². The first-order chi connectivity index (χ1) is 13.9. The van der Waals surface area contributed by atoms with Gasteiger partial charge in [0.15, 0.2) is 0 Å². The first-order valence-corrected chi connectivity index (χ1v) is 10.4. The fourth-order valence-electron chi connectivity index (χ4n) is 3.34. The van der Waals surface area contributed by atoms with Crippen LogP contribution in [0.25, 0.3) is 10.8 Å². The molecule has 3 aromatic rings. The molecule has 0 unspecified atom stereocenters. The van der Waals surface area contributed by atoms with E-state index in [1.807, 2.05) is 13.8 Å². The highest BCUT2D eigenvalue weighted by atomic mass is 32.1. The average Bonchev–Trinajstić information content (AvgIpc) is 3.23. The lowest BCUT2D eigenvalue weighted by molar-refractivity contribution is -0.384. The van der Waals surface area contributed by atoms with E-state index in [2.05, 4.69) is 19.9 Å². The van der Waals surface area contributed by atoms with Crippen LogP contribution >= 0.6 is 23.6 Å². The molecule has 1 fully saturated rings. The number of hydrogen-bond acceptors (Lipinski definition) is 9. The highest BCUT2D eigenvalue weighted by molar-refractivity contribution is 7.71. The van der Waals surface area contributed by atoms with Crippen LogP contribution in [0.4, 0.5) is 11.4 Å². The summed E-state index contributed by atoms with van der Waals surface area (Å²) in [5.74, 6) is 0.516. The van der Waals surface area contributed by atoms with Crippen molar-refractivity contribution in [3.63, 3.8) is 0 Å². The second-order valence-corrected chi connectivity index (χ2v) is 8.39. The van der Waals surface area contributed by atoms with Gasteiger partial charge in [0.2, 0.25) is 0 Å². The molecule has 0 N–H and O–H groups in total. The predicted octanol–water partition coefficient (Wildman–Crippen LogP) is 3.63. The highest BCUT2D eigenvalue weighted by Crippen LogP contribution is 2.28. The summed E-state index contributed by atoms with van der Waals surface area (Å²) in [5, 5.41) is 16.3. The van der Waals surface area contributed by atoms with Gasteiger partial charge in [-0.1, -0.05) is 0 Å². The van der Waals surface area contributed by atoms with Gasteiger partial charge >= 0.3 is 0 Å². The van der Waals surface area contributed by atoms with Crippen LogP contribution in [0.5, 0.6) is 0 Å². The molecule has 4 rings (SSSR count). The van der Waals surface area contributed by atoms with Crippen molar-refractivity contribution in [1.82, 2.24) is 19.7 Å². The SMILES string of the molecule is Cc1nc(C)c(-c2nn(CN3CCN(c4ccc([N+](=O)[O-])cc4)CC3)c(=S)o2)s1. The molecule has 1 saturated heterocycles. The molecule has 2 aromatic heterocycles. The molecule has 0 saturated carbocycles. The summed E-state index contributed by atoms with van der Waals surface area (Å²) in [6.07, 6.45) is 0. The number of benzene rings is 1. The van der Waals surface area contributed by atoms with Gasteiger partial charge in [0, 0.05) is 44.0 Å². The van der Waals surface area contributed by atoms with Crippen molar-refractivity contribution in [3.8, 4) is 10.8 Å². The van der Waals surface area contributed by atoms with Crippen molar-refractivity contribution in [2.75, 3.05) is 31.1 Å². The van der Waals surface area contributed by atoms with E-state index in [0.29, 0.717) is 17.4 Å². The zero-order chi connectivity index (χ0) is 20.5. The van der Waals surface area contributed by atoms with Gasteiger partial charge in [-0.2, -0.15) is 0 Å². The molecule has 1 aromatic carbocycles. The zero-order valence-corrected chi connectivity index (χ0v) is 17.7. The van der Waals surface area contributed by atoms with Gasteiger partial charge in [0.05, 0.1) is 22.3 Å². The standard InChI is InChI=1S/C18H20N6O3S2/c1-12-16(29-13(2)19-12)17-20-23(18(28)27-17)11-21-7-9-22(10-8-21)14-3-5-15(6-4-14)24(25)26/h3-6H,7-11H2,1-2H3. The Hall–Kier alpha value is -2.63. The van der Waals surface area contributed by atoms with Crippen LogP contribution in [0.1, 0.15) is 10.7 Å². The van der Waals surface area contributed by atoms with Crippen LogP contribution in [-0.4, -0.2) is 50.8 Å². The Bertz CT molecular complexity index is 1080. The van der Waals surface area contributed by atoms with E-state index in [-0.39, 0.29) is 10.6 Å². The molecule has 0 atom stereocenters. The molecule has 0 bridgehead atoms. The lowest BCUT2D eigenvalue weighted by Crippen LogP contribution is -2.46. The number of nitro groups is 1. The number of hydrogen-bond donors (Lipinski definition) is 0. The molecule has 0 radical (unpaired) electrons. The molecule has 3 heterocycles.